The van der Waals surface area contributed by atoms with Crippen LogP contribution in [0.2, 0.25) is 0 Å². The third-order valence-electron chi connectivity index (χ3n) is 6.30. The van der Waals surface area contributed by atoms with Crippen molar-refractivity contribution in [2.24, 2.45) is 0 Å². The van der Waals surface area contributed by atoms with Crippen molar-refractivity contribution in [3.8, 4) is 5.75 Å². The lowest BCUT2D eigenvalue weighted by molar-refractivity contribution is -0.132. The summed E-state index contributed by atoms with van der Waals surface area (Å²) in [5, 5.41) is 3.08. The van der Waals surface area contributed by atoms with Crippen molar-refractivity contribution < 1.29 is 14.3 Å². The van der Waals surface area contributed by atoms with Crippen molar-refractivity contribution >= 4 is 17.5 Å². The van der Waals surface area contributed by atoms with Crippen LogP contribution in [0.1, 0.15) is 37.8 Å². The Bertz CT molecular complexity index is 941. The average molecular weight is 422 g/mol. The summed E-state index contributed by atoms with van der Waals surface area (Å²) in [4.78, 5) is 29.9. The molecule has 6 nitrogen and oxygen atoms in total. The first-order chi connectivity index (χ1) is 15.1. The lowest BCUT2D eigenvalue weighted by Crippen LogP contribution is -2.53. The molecule has 0 bridgehead atoms. The van der Waals surface area contributed by atoms with Gasteiger partial charge in [0, 0.05) is 19.1 Å². The number of para-hydroxylation sites is 2. The van der Waals surface area contributed by atoms with Gasteiger partial charge in [-0.1, -0.05) is 50.2 Å². The van der Waals surface area contributed by atoms with Crippen LogP contribution in [0.15, 0.2) is 48.5 Å². The van der Waals surface area contributed by atoms with Crippen LogP contribution in [-0.2, 0) is 22.6 Å². The number of carbonyl (C=O) groups excluding carboxylic acids is 2. The van der Waals surface area contributed by atoms with E-state index in [1.807, 2.05) is 46.2 Å². The van der Waals surface area contributed by atoms with Crippen molar-refractivity contribution in [3.05, 3.63) is 59.7 Å². The summed E-state index contributed by atoms with van der Waals surface area (Å²) in [6.45, 7) is 6.08. The fourth-order valence-electron chi connectivity index (χ4n) is 4.35. The van der Waals surface area contributed by atoms with Crippen molar-refractivity contribution in [1.29, 1.82) is 0 Å². The molecule has 164 valence electrons. The van der Waals surface area contributed by atoms with Crippen molar-refractivity contribution in [1.82, 2.24) is 10.2 Å². The lowest BCUT2D eigenvalue weighted by atomic mass is 10.00. The van der Waals surface area contributed by atoms with E-state index in [-0.39, 0.29) is 24.4 Å². The predicted octanol–water partition coefficient (Wildman–Crippen LogP) is 3.14. The Labute approximate surface area is 184 Å². The lowest BCUT2D eigenvalue weighted by Gasteiger charge is -2.37. The highest BCUT2D eigenvalue weighted by Crippen LogP contribution is 2.33. The Kier molecular flexibility index (Phi) is 6.44. The maximum absolute atomic E-state index is 13.2. The summed E-state index contributed by atoms with van der Waals surface area (Å²) >= 11 is 0. The fraction of sp³-hybridized carbons (Fsp3) is 0.440. The molecule has 4 rings (SSSR count). The smallest absolute Gasteiger partial charge is 0.263 e. The molecule has 0 radical (unpaired) electrons. The molecule has 6 heteroatoms. The largest absolute Gasteiger partial charge is 0.477 e. The van der Waals surface area contributed by atoms with Gasteiger partial charge in [-0.05, 0) is 42.5 Å². The first kappa shape index (κ1) is 21.2. The van der Waals surface area contributed by atoms with Gasteiger partial charge in [-0.2, -0.15) is 0 Å². The summed E-state index contributed by atoms with van der Waals surface area (Å²) in [5.41, 5.74) is 3.40. The second-order valence-corrected chi connectivity index (χ2v) is 8.31. The van der Waals surface area contributed by atoms with Crippen LogP contribution in [0.25, 0.3) is 0 Å². The third-order valence-corrected chi connectivity index (χ3v) is 6.30. The zero-order valence-corrected chi connectivity index (χ0v) is 18.3. The Morgan fingerprint density at radius 1 is 1.06 bits per heavy atom. The van der Waals surface area contributed by atoms with Crippen LogP contribution in [0.5, 0.6) is 5.75 Å². The summed E-state index contributed by atoms with van der Waals surface area (Å²) < 4.78 is 6.01. The van der Waals surface area contributed by atoms with Crippen LogP contribution >= 0.6 is 0 Å². The molecule has 0 saturated heterocycles. The van der Waals surface area contributed by atoms with Crippen LogP contribution in [0.3, 0.4) is 0 Å². The number of anilines is 1. The number of nitrogens with zero attached hydrogens (tertiary/aromatic N) is 2. The number of ether oxygens (including phenoxy) is 1. The zero-order chi connectivity index (χ0) is 21.8. The van der Waals surface area contributed by atoms with E-state index in [0.717, 1.165) is 31.5 Å². The molecule has 2 aliphatic rings. The maximum Gasteiger partial charge on any atom is 0.263 e. The Hall–Kier alpha value is -3.02. The van der Waals surface area contributed by atoms with E-state index in [4.69, 9.17) is 4.74 Å². The molecule has 0 spiro atoms. The van der Waals surface area contributed by atoms with Crippen LogP contribution in [-0.4, -0.2) is 48.5 Å². The molecule has 2 aromatic carbocycles. The minimum atomic E-state index is -0.634. The molecule has 0 aromatic heterocycles. The number of hydrogen-bond donors (Lipinski definition) is 1. The molecule has 31 heavy (non-hydrogen) atoms. The number of amides is 2. The van der Waals surface area contributed by atoms with E-state index in [1.165, 1.54) is 11.1 Å². The van der Waals surface area contributed by atoms with Gasteiger partial charge in [0.1, 0.15) is 5.75 Å². The Balaban J connectivity index is 1.47. The standard InChI is InChI=1S/C25H31N3O3/c1-3-20(4-2)26-25(30)23-16-28(21-11-7-8-12-22(21)31-23)17-24(29)27-14-13-18-9-5-6-10-19(18)15-27/h5-12,20,23H,3-4,13-17H2,1-2H3,(H,26,30). The first-order valence-corrected chi connectivity index (χ1v) is 11.2. The quantitative estimate of drug-likeness (QED) is 0.778. The average Bonchev–Trinajstić information content (AvgIpc) is 2.81. The van der Waals surface area contributed by atoms with Crippen LogP contribution in [0, 0.1) is 0 Å². The van der Waals surface area contributed by atoms with E-state index in [1.54, 1.807) is 0 Å². The number of hydrogen-bond acceptors (Lipinski definition) is 4. The van der Waals surface area contributed by atoms with Gasteiger partial charge in [0.05, 0.1) is 18.8 Å². The van der Waals surface area contributed by atoms with Gasteiger partial charge in [-0.15, -0.1) is 0 Å². The Morgan fingerprint density at radius 3 is 2.55 bits per heavy atom. The molecule has 0 saturated carbocycles. The molecular weight excluding hydrogens is 390 g/mol. The van der Waals surface area contributed by atoms with Gasteiger partial charge < -0.3 is 19.9 Å². The van der Waals surface area contributed by atoms with E-state index in [0.29, 0.717) is 18.8 Å². The maximum atomic E-state index is 13.2. The molecule has 2 aromatic rings. The van der Waals surface area contributed by atoms with E-state index < -0.39 is 6.10 Å². The summed E-state index contributed by atoms with van der Waals surface area (Å²) in [6, 6.07) is 16.1. The molecule has 1 atom stereocenters. The highest BCUT2D eigenvalue weighted by molar-refractivity contribution is 5.86. The number of fused-ring (bicyclic) bond motifs is 2. The normalized spacial score (nSPS) is 17.6. The summed E-state index contributed by atoms with van der Waals surface area (Å²) in [5.74, 6) is 0.605. The summed E-state index contributed by atoms with van der Waals surface area (Å²) in [7, 11) is 0. The summed E-state index contributed by atoms with van der Waals surface area (Å²) in [6.07, 6.45) is 2.00. The molecule has 1 N–H and O–H groups in total. The van der Waals surface area contributed by atoms with Crippen LogP contribution < -0.4 is 15.0 Å². The molecule has 0 aliphatic carbocycles. The van der Waals surface area contributed by atoms with Gasteiger partial charge in [-0.25, -0.2) is 0 Å². The predicted molar refractivity (Wildman–Crippen MR) is 121 cm³/mol. The second-order valence-electron chi connectivity index (χ2n) is 8.31. The van der Waals surface area contributed by atoms with Crippen molar-refractivity contribution in [3.63, 3.8) is 0 Å². The number of carbonyl (C=O) groups is 2. The second kappa shape index (κ2) is 9.41. The topological polar surface area (TPSA) is 61.9 Å². The molecule has 2 amide bonds. The minimum Gasteiger partial charge on any atom is -0.477 e. The fourth-order valence-corrected chi connectivity index (χ4v) is 4.35. The number of nitrogens with one attached hydrogen (secondary N) is 1. The van der Waals surface area contributed by atoms with Crippen molar-refractivity contribution in [2.45, 2.75) is 51.8 Å². The highest BCUT2D eigenvalue weighted by atomic mass is 16.5. The number of benzene rings is 2. The third kappa shape index (κ3) is 4.68. The first-order valence-electron chi connectivity index (χ1n) is 11.2. The highest BCUT2D eigenvalue weighted by Gasteiger charge is 2.33. The number of rotatable bonds is 6. The molecule has 2 aliphatic heterocycles. The monoisotopic (exact) mass is 421 g/mol. The van der Waals surface area contributed by atoms with Gasteiger partial charge in [-0.3, -0.25) is 9.59 Å². The SMILES string of the molecule is CCC(CC)NC(=O)C1CN(CC(=O)N2CCc3ccccc3C2)c2ccccc2O1. The van der Waals surface area contributed by atoms with E-state index in [9.17, 15) is 9.59 Å². The molecule has 0 fully saturated rings. The van der Waals surface area contributed by atoms with Gasteiger partial charge in [0.15, 0.2) is 6.10 Å². The van der Waals surface area contributed by atoms with Gasteiger partial charge in [0.2, 0.25) is 5.91 Å². The van der Waals surface area contributed by atoms with Crippen molar-refractivity contribution in [2.75, 3.05) is 24.5 Å². The molecule has 2 heterocycles. The molecule has 1 unspecified atom stereocenters. The molecular formula is C25H31N3O3. The Morgan fingerprint density at radius 2 is 1.77 bits per heavy atom. The van der Waals surface area contributed by atoms with E-state index >= 15 is 0 Å². The van der Waals surface area contributed by atoms with E-state index in [2.05, 4.69) is 31.3 Å². The van der Waals surface area contributed by atoms with Crippen LogP contribution in [0.4, 0.5) is 5.69 Å². The van der Waals surface area contributed by atoms with Gasteiger partial charge >= 0.3 is 0 Å². The minimum absolute atomic E-state index is 0.0744. The zero-order valence-electron chi connectivity index (χ0n) is 18.3. The van der Waals surface area contributed by atoms with Gasteiger partial charge in [0.25, 0.3) is 5.91 Å².